The molecule has 0 spiro atoms. The minimum absolute atomic E-state index is 0.0776. The van der Waals surface area contributed by atoms with Gasteiger partial charge < -0.3 is 10.3 Å². The fourth-order valence-electron chi connectivity index (χ4n) is 0.609. The Morgan fingerprint density at radius 2 is 2.31 bits per heavy atom. The summed E-state index contributed by atoms with van der Waals surface area (Å²) < 4.78 is 11.4. The Bertz CT molecular complexity index is 388. The maximum Gasteiger partial charge on any atom is 0.305 e. The van der Waals surface area contributed by atoms with Gasteiger partial charge in [0, 0.05) is 11.2 Å². The van der Waals surface area contributed by atoms with Crippen LogP contribution in [0, 0.1) is 22.7 Å². The standard InChI is InChI=1S/C6H4N4OS2/c7-1-2-13(11)6-10-5(9)4(3-8)12-6/h2,9H2. The second kappa shape index (κ2) is 4.10. The number of nitrogens with two attached hydrogens (primary N) is 1. The normalized spacial score (nSPS) is 11.6. The van der Waals surface area contributed by atoms with E-state index in [-0.39, 0.29) is 20.8 Å². The molecule has 1 unspecified atom stereocenters. The highest BCUT2D eigenvalue weighted by molar-refractivity contribution is 7.93. The number of hydrogen-bond donors (Lipinski definition) is 1. The van der Waals surface area contributed by atoms with Crippen LogP contribution in [0.3, 0.4) is 0 Å². The molecule has 0 fully saturated rings. The zero-order valence-corrected chi connectivity index (χ0v) is 7.98. The smallest absolute Gasteiger partial charge is 0.305 e. The number of nitrogens with zero attached hydrogens (tertiary/aromatic N) is 3. The molecule has 0 saturated heterocycles. The number of rotatable bonds is 2. The van der Waals surface area contributed by atoms with Crippen molar-refractivity contribution in [3.63, 3.8) is 0 Å². The Kier molecular flexibility index (Phi) is 3.09. The quantitative estimate of drug-likeness (QED) is 0.705. The summed E-state index contributed by atoms with van der Waals surface area (Å²) in [6.45, 7) is 0. The van der Waals surface area contributed by atoms with E-state index in [9.17, 15) is 4.55 Å². The Morgan fingerprint density at radius 1 is 1.62 bits per heavy atom. The maximum atomic E-state index is 11.2. The van der Waals surface area contributed by atoms with Crippen molar-refractivity contribution in [2.24, 2.45) is 0 Å². The minimum Gasteiger partial charge on any atom is -0.609 e. The fourth-order valence-corrected chi connectivity index (χ4v) is 2.36. The summed E-state index contributed by atoms with van der Waals surface area (Å²) >= 11 is -0.500. The lowest BCUT2D eigenvalue weighted by Gasteiger charge is -1.98. The zero-order chi connectivity index (χ0) is 9.84. The predicted octanol–water partition coefficient (Wildman–Crippen LogP) is 0.228. The van der Waals surface area contributed by atoms with Gasteiger partial charge in [-0.2, -0.15) is 15.5 Å². The molecule has 0 bridgehead atoms. The van der Waals surface area contributed by atoms with Gasteiger partial charge in [-0.1, -0.05) is 11.3 Å². The number of thiazole rings is 1. The summed E-state index contributed by atoms with van der Waals surface area (Å²) in [7, 11) is 0. The fraction of sp³-hybridized carbons (Fsp3) is 0.167. The van der Waals surface area contributed by atoms with Gasteiger partial charge >= 0.3 is 4.34 Å². The third kappa shape index (κ3) is 2.10. The lowest BCUT2D eigenvalue weighted by atomic mass is 10.6. The van der Waals surface area contributed by atoms with E-state index in [0.717, 1.165) is 11.3 Å². The number of nitriles is 2. The third-order valence-corrected chi connectivity index (χ3v) is 3.58. The van der Waals surface area contributed by atoms with E-state index in [4.69, 9.17) is 16.3 Å². The molecule has 0 radical (unpaired) electrons. The average Bonchev–Trinajstić information content (AvgIpc) is 2.47. The first kappa shape index (κ1) is 9.81. The lowest BCUT2D eigenvalue weighted by molar-refractivity contribution is 0.597. The largest absolute Gasteiger partial charge is 0.609 e. The molecule has 13 heavy (non-hydrogen) atoms. The minimum atomic E-state index is -1.46. The summed E-state index contributed by atoms with van der Waals surface area (Å²) in [6, 6.07) is 3.58. The van der Waals surface area contributed by atoms with Crippen molar-refractivity contribution in [1.82, 2.24) is 4.98 Å². The SMILES string of the molecule is N#CC[S+]([O-])c1nc(N)c(C#N)s1. The molecule has 1 atom stereocenters. The van der Waals surface area contributed by atoms with Crippen molar-refractivity contribution in [3.05, 3.63) is 4.88 Å². The molecule has 66 valence electrons. The van der Waals surface area contributed by atoms with Crippen LogP contribution < -0.4 is 5.73 Å². The van der Waals surface area contributed by atoms with Crippen LogP contribution in [0.2, 0.25) is 0 Å². The van der Waals surface area contributed by atoms with Crippen molar-refractivity contribution in [2.75, 3.05) is 11.5 Å². The number of nitrogen functional groups attached to an aromatic ring is 1. The number of aromatic nitrogens is 1. The molecule has 1 aromatic heterocycles. The molecular formula is C6H4N4OS2. The topological polar surface area (TPSA) is 110 Å². The molecule has 5 nitrogen and oxygen atoms in total. The van der Waals surface area contributed by atoms with E-state index in [0.29, 0.717) is 0 Å². The average molecular weight is 212 g/mol. The molecule has 0 aliphatic carbocycles. The molecule has 1 aromatic rings. The van der Waals surface area contributed by atoms with E-state index in [1.807, 2.05) is 6.07 Å². The van der Waals surface area contributed by atoms with Crippen LogP contribution in [0.4, 0.5) is 5.82 Å². The Balaban J connectivity index is 2.93. The predicted molar refractivity (Wildman–Crippen MR) is 48.1 cm³/mol. The van der Waals surface area contributed by atoms with Crippen molar-refractivity contribution in [1.29, 1.82) is 10.5 Å². The van der Waals surface area contributed by atoms with E-state index >= 15 is 0 Å². The Hall–Kier alpha value is -1.28. The van der Waals surface area contributed by atoms with Gasteiger partial charge in [0.25, 0.3) is 0 Å². The van der Waals surface area contributed by atoms with Crippen molar-refractivity contribution < 1.29 is 4.55 Å². The molecular weight excluding hydrogens is 208 g/mol. The van der Waals surface area contributed by atoms with E-state index in [1.165, 1.54) is 0 Å². The van der Waals surface area contributed by atoms with Gasteiger partial charge in [0.1, 0.15) is 12.1 Å². The van der Waals surface area contributed by atoms with Crippen LogP contribution in [0.1, 0.15) is 4.88 Å². The lowest BCUT2D eigenvalue weighted by Crippen LogP contribution is -2.04. The first-order valence-electron chi connectivity index (χ1n) is 3.10. The number of hydrogen-bond acceptors (Lipinski definition) is 6. The van der Waals surface area contributed by atoms with Crippen molar-refractivity contribution in [3.8, 4) is 12.1 Å². The first-order valence-corrected chi connectivity index (χ1v) is 5.24. The number of anilines is 1. The molecule has 0 aromatic carbocycles. The summed E-state index contributed by atoms with van der Waals surface area (Å²) in [5, 5.41) is 16.8. The molecule has 0 amide bonds. The monoisotopic (exact) mass is 212 g/mol. The van der Waals surface area contributed by atoms with Gasteiger partial charge in [-0.3, -0.25) is 0 Å². The van der Waals surface area contributed by atoms with Crippen molar-refractivity contribution >= 4 is 28.3 Å². The molecule has 0 aliphatic heterocycles. The molecule has 0 aliphatic rings. The molecule has 2 N–H and O–H groups in total. The first-order chi connectivity index (χ1) is 6.19. The van der Waals surface area contributed by atoms with Crippen LogP contribution in [0.15, 0.2) is 4.34 Å². The van der Waals surface area contributed by atoms with Gasteiger partial charge in [0.05, 0.1) is 0 Å². The van der Waals surface area contributed by atoms with Gasteiger partial charge in [0.2, 0.25) is 0 Å². The van der Waals surface area contributed by atoms with Gasteiger partial charge in [0.15, 0.2) is 16.4 Å². The second-order valence-electron chi connectivity index (χ2n) is 1.95. The molecule has 1 heterocycles. The van der Waals surface area contributed by atoms with E-state index in [1.54, 1.807) is 6.07 Å². The summed E-state index contributed by atoms with van der Waals surface area (Å²) in [5.41, 5.74) is 5.35. The Labute approximate surface area is 81.6 Å². The highest BCUT2D eigenvalue weighted by atomic mass is 32.2. The van der Waals surface area contributed by atoms with Crippen LogP contribution in [0.25, 0.3) is 0 Å². The highest BCUT2D eigenvalue weighted by Gasteiger charge is 2.18. The highest BCUT2D eigenvalue weighted by Crippen LogP contribution is 2.23. The second-order valence-corrected chi connectivity index (χ2v) is 4.58. The van der Waals surface area contributed by atoms with Gasteiger partial charge in [-0.15, -0.1) is 0 Å². The van der Waals surface area contributed by atoms with Crippen molar-refractivity contribution in [2.45, 2.75) is 4.34 Å². The zero-order valence-electron chi connectivity index (χ0n) is 6.35. The van der Waals surface area contributed by atoms with E-state index in [2.05, 4.69) is 4.98 Å². The van der Waals surface area contributed by atoms with E-state index < -0.39 is 11.2 Å². The van der Waals surface area contributed by atoms with Crippen LogP contribution in [-0.4, -0.2) is 15.3 Å². The van der Waals surface area contributed by atoms with Gasteiger partial charge in [-0.05, 0) is 0 Å². The van der Waals surface area contributed by atoms with Crippen LogP contribution in [0.5, 0.6) is 0 Å². The maximum absolute atomic E-state index is 11.2. The third-order valence-electron chi connectivity index (χ3n) is 1.13. The summed E-state index contributed by atoms with van der Waals surface area (Å²) in [5.74, 6) is -0.0496. The van der Waals surface area contributed by atoms with Crippen LogP contribution in [-0.2, 0) is 11.2 Å². The Morgan fingerprint density at radius 3 is 2.77 bits per heavy atom. The molecule has 1 rings (SSSR count). The van der Waals surface area contributed by atoms with Gasteiger partial charge in [-0.25, -0.2) is 0 Å². The molecule has 0 saturated carbocycles. The van der Waals surface area contributed by atoms with Crippen LogP contribution >= 0.6 is 11.3 Å². The summed E-state index contributed by atoms with van der Waals surface area (Å²) in [6.07, 6.45) is 0. The summed E-state index contributed by atoms with van der Waals surface area (Å²) in [4.78, 5) is 3.96. The molecule has 7 heteroatoms.